The fraction of sp³-hybridized carbons (Fsp3) is 0.455. The molecule has 0 aliphatic carbocycles. The van der Waals surface area contributed by atoms with Crippen molar-refractivity contribution in [2.45, 2.75) is 26.0 Å². The molecule has 0 aliphatic rings. The molecule has 0 aliphatic heterocycles. The van der Waals surface area contributed by atoms with Gasteiger partial charge in [0.1, 0.15) is 11.9 Å². The van der Waals surface area contributed by atoms with Crippen LogP contribution in [-0.4, -0.2) is 24.2 Å². The largest absolute Gasteiger partial charge is 0.386 e. The van der Waals surface area contributed by atoms with E-state index in [-0.39, 0.29) is 0 Å². The summed E-state index contributed by atoms with van der Waals surface area (Å²) in [7, 11) is 1.87. The Labute approximate surface area is 94.4 Å². The summed E-state index contributed by atoms with van der Waals surface area (Å²) in [5.41, 5.74) is 0.811. The van der Waals surface area contributed by atoms with Crippen LogP contribution in [0.5, 0.6) is 0 Å². The molecule has 16 heavy (non-hydrogen) atoms. The van der Waals surface area contributed by atoms with Crippen LogP contribution < -0.4 is 0 Å². The van der Waals surface area contributed by atoms with Crippen molar-refractivity contribution >= 4 is 0 Å². The summed E-state index contributed by atoms with van der Waals surface area (Å²) >= 11 is 0. The highest BCUT2D eigenvalue weighted by atomic mass is 16.3. The van der Waals surface area contributed by atoms with Crippen molar-refractivity contribution in [2.75, 3.05) is 0 Å². The molecule has 0 spiro atoms. The van der Waals surface area contributed by atoms with Gasteiger partial charge in [-0.1, -0.05) is 0 Å². The van der Waals surface area contributed by atoms with Gasteiger partial charge < -0.3 is 14.2 Å². The third-order valence-electron chi connectivity index (χ3n) is 2.71. The van der Waals surface area contributed by atoms with Crippen LogP contribution in [0.1, 0.15) is 24.5 Å². The summed E-state index contributed by atoms with van der Waals surface area (Å²) in [5.74, 6) is 0.899. The molecule has 5 heteroatoms. The van der Waals surface area contributed by atoms with Gasteiger partial charge in [0.05, 0.1) is 18.2 Å². The Morgan fingerprint density at radius 1 is 1.50 bits per heavy atom. The summed E-state index contributed by atoms with van der Waals surface area (Å²) < 4.78 is 3.85. The van der Waals surface area contributed by atoms with Crippen LogP contribution in [-0.2, 0) is 20.0 Å². The van der Waals surface area contributed by atoms with E-state index in [1.54, 1.807) is 18.7 Å². The number of aromatic nitrogens is 4. The van der Waals surface area contributed by atoms with Crippen molar-refractivity contribution in [3.63, 3.8) is 0 Å². The van der Waals surface area contributed by atoms with Gasteiger partial charge in [-0.05, 0) is 6.92 Å². The van der Waals surface area contributed by atoms with E-state index in [9.17, 15) is 5.11 Å². The molecule has 1 N–H and O–H groups in total. The SMILES string of the molecule is CCn1ccnc1CC(O)c1cncn1C. The quantitative estimate of drug-likeness (QED) is 0.833. The topological polar surface area (TPSA) is 55.9 Å². The molecule has 0 saturated heterocycles. The standard InChI is InChI=1S/C11H16N4O/c1-3-15-5-4-13-11(15)6-10(16)9-7-12-8-14(9)2/h4-5,7-8,10,16H,3,6H2,1-2H3. The molecule has 86 valence electrons. The van der Waals surface area contributed by atoms with Crippen molar-refractivity contribution in [2.24, 2.45) is 7.05 Å². The minimum Gasteiger partial charge on any atom is -0.386 e. The zero-order valence-electron chi connectivity index (χ0n) is 9.54. The zero-order valence-corrected chi connectivity index (χ0v) is 9.54. The second kappa shape index (κ2) is 4.49. The lowest BCUT2D eigenvalue weighted by Gasteiger charge is -2.11. The lowest BCUT2D eigenvalue weighted by atomic mass is 10.2. The van der Waals surface area contributed by atoms with Crippen LogP contribution in [0.4, 0.5) is 0 Å². The number of aliphatic hydroxyl groups is 1. The van der Waals surface area contributed by atoms with Crippen molar-refractivity contribution in [1.29, 1.82) is 0 Å². The molecule has 0 saturated carbocycles. The van der Waals surface area contributed by atoms with Gasteiger partial charge in [0.15, 0.2) is 0 Å². The minimum absolute atomic E-state index is 0.514. The van der Waals surface area contributed by atoms with Gasteiger partial charge >= 0.3 is 0 Å². The van der Waals surface area contributed by atoms with Gasteiger partial charge in [-0.3, -0.25) is 0 Å². The Bertz CT molecular complexity index is 460. The van der Waals surface area contributed by atoms with E-state index in [0.29, 0.717) is 6.42 Å². The first-order chi connectivity index (χ1) is 7.72. The fourth-order valence-corrected chi connectivity index (χ4v) is 1.78. The van der Waals surface area contributed by atoms with Gasteiger partial charge in [-0.25, -0.2) is 9.97 Å². The fourth-order valence-electron chi connectivity index (χ4n) is 1.78. The molecule has 2 heterocycles. The van der Waals surface area contributed by atoms with Crippen LogP contribution in [0.15, 0.2) is 24.9 Å². The van der Waals surface area contributed by atoms with E-state index >= 15 is 0 Å². The molecule has 2 aromatic heterocycles. The summed E-state index contributed by atoms with van der Waals surface area (Å²) in [6.45, 7) is 2.93. The molecule has 5 nitrogen and oxygen atoms in total. The Morgan fingerprint density at radius 3 is 2.94 bits per heavy atom. The van der Waals surface area contributed by atoms with E-state index in [1.807, 2.05) is 22.4 Å². The first-order valence-electron chi connectivity index (χ1n) is 5.36. The molecule has 0 bridgehead atoms. The first kappa shape index (κ1) is 10.9. The third kappa shape index (κ3) is 1.99. The number of aliphatic hydroxyl groups excluding tert-OH is 1. The van der Waals surface area contributed by atoms with E-state index in [4.69, 9.17) is 0 Å². The van der Waals surface area contributed by atoms with Crippen LogP contribution in [0.2, 0.25) is 0 Å². The molecule has 0 amide bonds. The van der Waals surface area contributed by atoms with Crippen LogP contribution >= 0.6 is 0 Å². The maximum absolute atomic E-state index is 10.1. The molecule has 0 radical (unpaired) electrons. The van der Waals surface area contributed by atoms with Crippen LogP contribution in [0, 0.1) is 0 Å². The van der Waals surface area contributed by atoms with Gasteiger partial charge in [0, 0.05) is 32.4 Å². The van der Waals surface area contributed by atoms with Crippen molar-refractivity contribution in [1.82, 2.24) is 19.1 Å². The van der Waals surface area contributed by atoms with Gasteiger partial charge in [-0.2, -0.15) is 0 Å². The minimum atomic E-state index is -0.555. The summed E-state index contributed by atoms with van der Waals surface area (Å²) in [6, 6.07) is 0. The van der Waals surface area contributed by atoms with E-state index in [0.717, 1.165) is 18.1 Å². The molecule has 0 aromatic carbocycles. The van der Waals surface area contributed by atoms with Gasteiger partial charge in [0.25, 0.3) is 0 Å². The van der Waals surface area contributed by atoms with Crippen molar-refractivity contribution in [3.8, 4) is 0 Å². The number of hydrogen-bond donors (Lipinski definition) is 1. The summed E-state index contributed by atoms with van der Waals surface area (Å²) in [6.07, 6.45) is 7.01. The first-order valence-corrected chi connectivity index (χ1v) is 5.36. The van der Waals surface area contributed by atoms with Crippen LogP contribution in [0.25, 0.3) is 0 Å². The number of imidazole rings is 2. The van der Waals surface area contributed by atoms with E-state index < -0.39 is 6.10 Å². The smallest absolute Gasteiger partial charge is 0.111 e. The maximum atomic E-state index is 10.1. The predicted molar refractivity (Wildman–Crippen MR) is 59.8 cm³/mol. The highest BCUT2D eigenvalue weighted by Crippen LogP contribution is 2.16. The molecule has 1 unspecified atom stereocenters. The third-order valence-corrected chi connectivity index (χ3v) is 2.71. The second-order valence-corrected chi connectivity index (χ2v) is 3.78. The molecular weight excluding hydrogens is 204 g/mol. The lowest BCUT2D eigenvalue weighted by Crippen LogP contribution is -2.10. The number of aryl methyl sites for hydroxylation is 2. The molecular formula is C11H16N4O. The average molecular weight is 220 g/mol. The van der Waals surface area contributed by atoms with Gasteiger partial charge in [0.2, 0.25) is 0 Å². The highest BCUT2D eigenvalue weighted by molar-refractivity contribution is 5.06. The van der Waals surface area contributed by atoms with Crippen molar-refractivity contribution < 1.29 is 5.11 Å². The van der Waals surface area contributed by atoms with E-state index in [2.05, 4.69) is 16.9 Å². The Morgan fingerprint density at radius 2 is 2.31 bits per heavy atom. The maximum Gasteiger partial charge on any atom is 0.111 e. The molecule has 1 atom stereocenters. The zero-order chi connectivity index (χ0) is 11.5. The average Bonchev–Trinajstić information content (AvgIpc) is 2.86. The number of nitrogens with zero attached hydrogens (tertiary/aromatic N) is 4. The Balaban J connectivity index is 2.13. The van der Waals surface area contributed by atoms with Crippen molar-refractivity contribution in [3.05, 3.63) is 36.4 Å². The Kier molecular flexibility index (Phi) is 3.05. The van der Waals surface area contributed by atoms with Crippen LogP contribution in [0.3, 0.4) is 0 Å². The normalized spacial score (nSPS) is 12.9. The monoisotopic (exact) mass is 220 g/mol. The number of hydrogen-bond acceptors (Lipinski definition) is 3. The van der Waals surface area contributed by atoms with Gasteiger partial charge in [-0.15, -0.1) is 0 Å². The predicted octanol–water partition coefficient (Wildman–Crippen LogP) is 0.913. The molecule has 2 rings (SSSR count). The lowest BCUT2D eigenvalue weighted by molar-refractivity contribution is 0.166. The Hall–Kier alpha value is -1.62. The summed E-state index contributed by atoms with van der Waals surface area (Å²) in [5, 5.41) is 10.1. The van der Waals surface area contributed by atoms with E-state index in [1.165, 1.54) is 0 Å². The summed E-state index contributed by atoms with van der Waals surface area (Å²) in [4.78, 5) is 8.23. The molecule has 0 fully saturated rings. The number of rotatable bonds is 4. The molecule has 2 aromatic rings. The second-order valence-electron chi connectivity index (χ2n) is 3.78. The highest BCUT2D eigenvalue weighted by Gasteiger charge is 2.14.